The van der Waals surface area contributed by atoms with Gasteiger partial charge < -0.3 is 24.5 Å². The Morgan fingerprint density at radius 1 is 1.31 bits per heavy atom. The molecule has 0 spiro atoms. The minimum absolute atomic E-state index is 0.408. The third kappa shape index (κ3) is 8.21. The summed E-state index contributed by atoms with van der Waals surface area (Å²) in [5.41, 5.74) is 0. The standard InChI is InChI=1S/C19H34N4O3/c1-3-24-12-5-8-20-19(21-9-7-18-6-4-13-26-18)22-16-17(2)23-10-14-25-15-11-23/h4,6,13,17H,3,5,7-12,14-16H2,1-2H3,(H2,20,21,22). The van der Waals surface area contributed by atoms with Crippen LogP contribution in [0.15, 0.2) is 27.8 Å². The lowest BCUT2D eigenvalue weighted by Crippen LogP contribution is -2.44. The summed E-state index contributed by atoms with van der Waals surface area (Å²) in [7, 11) is 0. The van der Waals surface area contributed by atoms with Crippen LogP contribution in [0.3, 0.4) is 0 Å². The Hall–Kier alpha value is -1.57. The number of morpholine rings is 1. The fraction of sp³-hybridized carbons (Fsp3) is 0.737. The Labute approximate surface area is 157 Å². The maximum absolute atomic E-state index is 5.43. The molecule has 0 aromatic carbocycles. The fourth-order valence-corrected chi connectivity index (χ4v) is 2.82. The average molecular weight is 367 g/mol. The monoisotopic (exact) mass is 366 g/mol. The van der Waals surface area contributed by atoms with E-state index in [9.17, 15) is 0 Å². The Bertz CT molecular complexity index is 487. The van der Waals surface area contributed by atoms with Crippen molar-refractivity contribution in [1.82, 2.24) is 15.5 Å². The maximum atomic E-state index is 5.43. The highest BCUT2D eigenvalue weighted by Gasteiger charge is 2.16. The van der Waals surface area contributed by atoms with Gasteiger partial charge in [-0.05, 0) is 32.4 Å². The molecule has 1 unspecified atom stereocenters. The number of hydrogen-bond donors (Lipinski definition) is 2. The molecule has 1 atom stereocenters. The molecule has 1 saturated heterocycles. The number of guanidine groups is 1. The highest BCUT2D eigenvalue weighted by molar-refractivity contribution is 5.79. The second-order valence-electron chi connectivity index (χ2n) is 6.42. The summed E-state index contributed by atoms with van der Waals surface area (Å²) in [5.74, 6) is 1.84. The lowest BCUT2D eigenvalue weighted by atomic mass is 10.2. The van der Waals surface area contributed by atoms with Crippen LogP contribution in [0.5, 0.6) is 0 Å². The van der Waals surface area contributed by atoms with E-state index in [2.05, 4.69) is 22.5 Å². The first-order chi connectivity index (χ1) is 12.8. The minimum atomic E-state index is 0.408. The molecule has 0 bridgehead atoms. The predicted octanol–water partition coefficient (Wildman–Crippen LogP) is 1.50. The van der Waals surface area contributed by atoms with Gasteiger partial charge in [0.05, 0.1) is 26.0 Å². The van der Waals surface area contributed by atoms with E-state index in [-0.39, 0.29) is 0 Å². The number of furan rings is 1. The number of aliphatic imine (C=N–C) groups is 1. The van der Waals surface area contributed by atoms with Crippen LogP contribution in [-0.2, 0) is 15.9 Å². The van der Waals surface area contributed by atoms with E-state index in [1.165, 1.54) is 0 Å². The van der Waals surface area contributed by atoms with Crippen molar-refractivity contribution in [1.29, 1.82) is 0 Å². The predicted molar refractivity (Wildman–Crippen MR) is 104 cm³/mol. The SMILES string of the molecule is CCOCCCNC(=NCC(C)N1CCOCC1)NCCc1ccco1. The smallest absolute Gasteiger partial charge is 0.191 e. The van der Waals surface area contributed by atoms with Crippen molar-refractivity contribution in [3.8, 4) is 0 Å². The second kappa shape index (κ2) is 12.7. The van der Waals surface area contributed by atoms with Gasteiger partial charge in [-0.3, -0.25) is 9.89 Å². The van der Waals surface area contributed by atoms with E-state index in [0.717, 1.165) is 83.7 Å². The molecule has 2 heterocycles. The van der Waals surface area contributed by atoms with Crippen molar-refractivity contribution in [3.05, 3.63) is 24.2 Å². The zero-order valence-corrected chi connectivity index (χ0v) is 16.2. The largest absolute Gasteiger partial charge is 0.469 e. The van der Waals surface area contributed by atoms with Gasteiger partial charge in [0.2, 0.25) is 0 Å². The first-order valence-corrected chi connectivity index (χ1v) is 9.73. The molecule has 0 saturated carbocycles. The van der Waals surface area contributed by atoms with Crippen LogP contribution < -0.4 is 10.6 Å². The number of rotatable bonds is 11. The average Bonchev–Trinajstić information content (AvgIpc) is 3.19. The first-order valence-electron chi connectivity index (χ1n) is 9.73. The summed E-state index contributed by atoms with van der Waals surface area (Å²) in [6.07, 6.45) is 3.51. The quantitative estimate of drug-likeness (QED) is 0.351. The third-order valence-electron chi connectivity index (χ3n) is 4.39. The summed E-state index contributed by atoms with van der Waals surface area (Å²) in [4.78, 5) is 7.21. The van der Waals surface area contributed by atoms with E-state index < -0.39 is 0 Å². The van der Waals surface area contributed by atoms with Gasteiger partial charge in [-0.25, -0.2) is 0 Å². The Balaban J connectivity index is 1.77. The minimum Gasteiger partial charge on any atom is -0.469 e. The van der Waals surface area contributed by atoms with Crippen LogP contribution in [0.1, 0.15) is 26.0 Å². The Kier molecular flexibility index (Phi) is 10.2. The van der Waals surface area contributed by atoms with Crippen molar-refractivity contribution in [2.45, 2.75) is 32.7 Å². The number of nitrogens with one attached hydrogen (secondary N) is 2. The van der Waals surface area contributed by atoms with Gasteiger partial charge in [-0.2, -0.15) is 0 Å². The van der Waals surface area contributed by atoms with Gasteiger partial charge in [0.15, 0.2) is 5.96 Å². The summed E-state index contributed by atoms with van der Waals surface area (Å²) < 4.78 is 16.2. The molecule has 1 fully saturated rings. The van der Waals surface area contributed by atoms with E-state index in [4.69, 9.17) is 18.9 Å². The molecular weight excluding hydrogens is 332 g/mol. The van der Waals surface area contributed by atoms with E-state index in [1.54, 1.807) is 6.26 Å². The first kappa shape index (κ1) is 20.7. The van der Waals surface area contributed by atoms with Crippen molar-refractivity contribution in [2.75, 3.05) is 59.2 Å². The topological polar surface area (TPSA) is 71.3 Å². The molecule has 7 nitrogen and oxygen atoms in total. The molecule has 148 valence electrons. The van der Waals surface area contributed by atoms with Gasteiger partial charge in [-0.1, -0.05) is 0 Å². The van der Waals surface area contributed by atoms with Crippen molar-refractivity contribution < 1.29 is 13.9 Å². The molecule has 0 radical (unpaired) electrons. The molecule has 0 aliphatic carbocycles. The molecule has 26 heavy (non-hydrogen) atoms. The molecule has 1 aromatic rings. The van der Waals surface area contributed by atoms with Gasteiger partial charge in [-0.15, -0.1) is 0 Å². The fourth-order valence-electron chi connectivity index (χ4n) is 2.82. The van der Waals surface area contributed by atoms with E-state index >= 15 is 0 Å². The third-order valence-corrected chi connectivity index (χ3v) is 4.39. The Morgan fingerprint density at radius 2 is 2.12 bits per heavy atom. The lowest BCUT2D eigenvalue weighted by Gasteiger charge is -2.31. The van der Waals surface area contributed by atoms with Gasteiger partial charge in [0.25, 0.3) is 0 Å². The van der Waals surface area contributed by atoms with Gasteiger partial charge in [0, 0.05) is 51.9 Å². The summed E-state index contributed by atoms with van der Waals surface area (Å²) in [5, 5.41) is 6.80. The van der Waals surface area contributed by atoms with Crippen molar-refractivity contribution in [2.24, 2.45) is 4.99 Å². The van der Waals surface area contributed by atoms with Crippen LogP contribution in [0.2, 0.25) is 0 Å². The van der Waals surface area contributed by atoms with Crippen LogP contribution in [-0.4, -0.2) is 76.1 Å². The lowest BCUT2D eigenvalue weighted by molar-refractivity contribution is 0.0220. The van der Waals surface area contributed by atoms with Crippen molar-refractivity contribution in [3.63, 3.8) is 0 Å². The molecule has 7 heteroatoms. The molecular formula is C19H34N4O3. The molecule has 1 aliphatic heterocycles. The summed E-state index contributed by atoms with van der Waals surface area (Å²) in [6.45, 7) is 11.8. The molecule has 1 aliphatic rings. The molecule has 0 amide bonds. The number of nitrogens with zero attached hydrogens (tertiary/aromatic N) is 2. The van der Waals surface area contributed by atoms with Gasteiger partial charge in [0.1, 0.15) is 5.76 Å². The second-order valence-corrected chi connectivity index (χ2v) is 6.42. The zero-order valence-electron chi connectivity index (χ0n) is 16.2. The normalized spacial score (nSPS) is 17.2. The molecule has 1 aromatic heterocycles. The zero-order chi connectivity index (χ0) is 18.5. The maximum Gasteiger partial charge on any atom is 0.191 e. The molecule has 2 N–H and O–H groups in total. The Morgan fingerprint density at radius 3 is 2.85 bits per heavy atom. The van der Waals surface area contributed by atoms with Crippen LogP contribution >= 0.6 is 0 Å². The summed E-state index contributed by atoms with van der Waals surface area (Å²) >= 11 is 0. The number of hydrogen-bond acceptors (Lipinski definition) is 5. The van der Waals surface area contributed by atoms with Crippen LogP contribution in [0.4, 0.5) is 0 Å². The van der Waals surface area contributed by atoms with Crippen molar-refractivity contribution >= 4 is 5.96 Å². The highest BCUT2D eigenvalue weighted by atomic mass is 16.5. The molecule has 2 rings (SSSR count). The van der Waals surface area contributed by atoms with E-state index in [0.29, 0.717) is 6.04 Å². The summed E-state index contributed by atoms with van der Waals surface area (Å²) in [6, 6.07) is 4.32. The van der Waals surface area contributed by atoms with Gasteiger partial charge >= 0.3 is 0 Å². The van der Waals surface area contributed by atoms with E-state index in [1.807, 2.05) is 19.1 Å². The van der Waals surface area contributed by atoms with Crippen LogP contribution in [0.25, 0.3) is 0 Å². The highest BCUT2D eigenvalue weighted by Crippen LogP contribution is 2.04. The number of ether oxygens (including phenoxy) is 2. The van der Waals surface area contributed by atoms with Crippen LogP contribution in [0, 0.1) is 0 Å².